The summed E-state index contributed by atoms with van der Waals surface area (Å²) >= 11 is 0. The molecule has 1 aliphatic rings. The molecule has 2 aromatic carbocycles. The van der Waals surface area contributed by atoms with Gasteiger partial charge < -0.3 is 14.4 Å². The average Bonchev–Trinajstić information content (AvgIpc) is 2.81. The normalized spacial score (nSPS) is 14.9. The molecule has 0 aliphatic carbocycles. The van der Waals surface area contributed by atoms with E-state index >= 15 is 0 Å². The standard InChI is InChI=1S/C26H29N3O3/c1-19(2)26(30)29-8-9-31-10-11-32-25-7-6-22(24-15-27-18-28-16-24)14-23(25)13-20-4-3-5-21(12-20)17-29/h3-7,12,14-16,18-19H,8-11,13,17H2,1-2H3. The molecule has 1 amide bonds. The number of nitrogens with zero attached hydrogens (tertiary/aromatic N) is 3. The molecule has 4 rings (SSSR count). The van der Waals surface area contributed by atoms with Gasteiger partial charge in [0.1, 0.15) is 18.7 Å². The summed E-state index contributed by atoms with van der Waals surface area (Å²) in [6.45, 7) is 6.44. The number of hydrogen-bond acceptors (Lipinski definition) is 5. The SMILES string of the molecule is CC(C)C(=O)N1CCOCCOc2ccc(-c3cncnc3)cc2Cc2cccc(c2)C1. The van der Waals surface area contributed by atoms with Gasteiger partial charge in [-0.15, -0.1) is 0 Å². The highest BCUT2D eigenvalue weighted by Crippen LogP contribution is 2.28. The molecule has 166 valence electrons. The molecule has 0 radical (unpaired) electrons. The van der Waals surface area contributed by atoms with Gasteiger partial charge in [0.2, 0.25) is 5.91 Å². The van der Waals surface area contributed by atoms with Gasteiger partial charge in [0.25, 0.3) is 0 Å². The van der Waals surface area contributed by atoms with Crippen molar-refractivity contribution in [1.82, 2.24) is 14.9 Å². The summed E-state index contributed by atoms with van der Waals surface area (Å²) in [5.74, 6) is 0.948. The van der Waals surface area contributed by atoms with Crippen molar-refractivity contribution < 1.29 is 14.3 Å². The van der Waals surface area contributed by atoms with Gasteiger partial charge in [0.15, 0.2) is 0 Å². The molecule has 6 heteroatoms. The Hall–Kier alpha value is -3.25. The molecule has 0 saturated heterocycles. The number of amides is 1. The highest BCUT2D eigenvalue weighted by atomic mass is 16.5. The van der Waals surface area contributed by atoms with E-state index in [4.69, 9.17) is 9.47 Å². The zero-order valence-electron chi connectivity index (χ0n) is 18.7. The second-order valence-electron chi connectivity index (χ2n) is 8.32. The fraction of sp³-hybridized carbons (Fsp3) is 0.346. The van der Waals surface area contributed by atoms with E-state index in [1.807, 2.05) is 43.3 Å². The summed E-state index contributed by atoms with van der Waals surface area (Å²) in [4.78, 5) is 22.9. The second kappa shape index (κ2) is 10.4. The van der Waals surface area contributed by atoms with Crippen molar-refractivity contribution in [2.24, 2.45) is 5.92 Å². The molecule has 2 bridgehead atoms. The molecule has 3 aromatic rings. The van der Waals surface area contributed by atoms with Crippen LogP contribution >= 0.6 is 0 Å². The summed E-state index contributed by atoms with van der Waals surface area (Å²) in [6, 6.07) is 14.6. The van der Waals surface area contributed by atoms with Crippen molar-refractivity contribution in [1.29, 1.82) is 0 Å². The predicted octanol–water partition coefficient (Wildman–Crippen LogP) is 4.13. The van der Waals surface area contributed by atoms with Crippen LogP contribution in [0.3, 0.4) is 0 Å². The molecule has 0 unspecified atom stereocenters. The summed E-state index contributed by atoms with van der Waals surface area (Å²) < 4.78 is 11.8. The topological polar surface area (TPSA) is 64.6 Å². The Balaban J connectivity index is 1.66. The Morgan fingerprint density at radius 1 is 0.969 bits per heavy atom. The monoisotopic (exact) mass is 431 g/mol. The number of fused-ring (bicyclic) bond motifs is 3. The van der Waals surface area contributed by atoms with Crippen molar-refractivity contribution in [3.05, 3.63) is 77.9 Å². The van der Waals surface area contributed by atoms with Crippen LogP contribution in [0.2, 0.25) is 0 Å². The second-order valence-corrected chi connectivity index (χ2v) is 8.32. The average molecular weight is 432 g/mol. The lowest BCUT2D eigenvalue weighted by atomic mass is 9.98. The number of rotatable bonds is 2. The van der Waals surface area contributed by atoms with E-state index in [0.29, 0.717) is 32.9 Å². The molecular weight excluding hydrogens is 402 g/mol. The lowest BCUT2D eigenvalue weighted by Gasteiger charge is -2.25. The Labute approximate surface area is 189 Å². The summed E-state index contributed by atoms with van der Waals surface area (Å²) in [6.07, 6.45) is 5.88. The fourth-order valence-electron chi connectivity index (χ4n) is 3.88. The van der Waals surface area contributed by atoms with Gasteiger partial charge in [-0.1, -0.05) is 44.2 Å². The summed E-state index contributed by atoms with van der Waals surface area (Å²) in [7, 11) is 0. The number of carbonyl (C=O) groups excluding carboxylic acids is 1. The number of hydrogen-bond donors (Lipinski definition) is 0. The van der Waals surface area contributed by atoms with Crippen LogP contribution in [0.4, 0.5) is 0 Å². The minimum atomic E-state index is -0.0485. The molecule has 0 atom stereocenters. The molecule has 6 nitrogen and oxygen atoms in total. The number of aromatic nitrogens is 2. The van der Waals surface area contributed by atoms with Crippen molar-refractivity contribution in [3.8, 4) is 16.9 Å². The zero-order valence-corrected chi connectivity index (χ0v) is 18.7. The Morgan fingerprint density at radius 2 is 1.78 bits per heavy atom. The first kappa shape index (κ1) is 22.0. The van der Waals surface area contributed by atoms with Crippen LogP contribution < -0.4 is 4.74 Å². The van der Waals surface area contributed by atoms with Gasteiger partial charge in [-0.05, 0) is 34.4 Å². The lowest BCUT2D eigenvalue weighted by Crippen LogP contribution is -2.36. The Kier molecular flexibility index (Phi) is 7.12. The molecular formula is C26H29N3O3. The van der Waals surface area contributed by atoms with Crippen molar-refractivity contribution in [2.45, 2.75) is 26.8 Å². The van der Waals surface area contributed by atoms with Crippen molar-refractivity contribution in [3.63, 3.8) is 0 Å². The molecule has 0 saturated carbocycles. The van der Waals surface area contributed by atoms with Crippen LogP contribution in [0, 0.1) is 5.92 Å². The van der Waals surface area contributed by atoms with E-state index in [9.17, 15) is 4.79 Å². The molecule has 0 fully saturated rings. The predicted molar refractivity (Wildman–Crippen MR) is 123 cm³/mol. The maximum absolute atomic E-state index is 12.7. The highest BCUT2D eigenvalue weighted by Gasteiger charge is 2.18. The minimum absolute atomic E-state index is 0.0485. The Morgan fingerprint density at radius 3 is 2.59 bits per heavy atom. The summed E-state index contributed by atoms with van der Waals surface area (Å²) in [5, 5.41) is 0. The van der Waals surface area contributed by atoms with E-state index < -0.39 is 0 Å². The smallest absolute Gasteiger partial charge is 0.225 e. The van der Waals surface area contributed by atoms with Crippen LogP contribution in [-0.2, 0) is 22.5 Å². The van der Waals surface area contributed by atoms with Gasteiger partial charge >= 0.3 is 0 Å². The van der Waals surface area contributed by atoms with Gasteiger partial charge in [-0.2, -0.15) is 0 Å². The third-order valence-electron chi connectivity index (χ3n) is 5.51. The first-order valence-corrected chi connectivity index (χ1v) is 11.1. The molecule has 32 heavy (non-hydrogen) atoms. The van der Waals surface area contributed by atoms with Gasteiger partial charge in [-0.3, -0.25) is 4.79 Å². The van der Waals surface area contributed by atoms with Gasteiger partial charge in [0.05, 0.1) is 13.2 Å². The molecule has 1 aliphatic heterocycles. The van der Waals surface area contributed by atoms with Crippen LogP contribution in [0.25, 0.3) is 11.1 Å². The van der Waals surface area contributed by atoms with E-state index in [1.165, 1.54) is 11.9 Å². The van der Waals surface area contributed by atoms with Crippen molar-refractivity contribution >= 4 is 5.91 Å². The third kappa shape index (κ3) is 5.51. The van der Waals surface area contributed by atoms with Crippen molar-refractivity contribution in [2.75, 3.05) is 26.4 Å². The maximum atomic E-state index is 12.7. The van der Waals surface area contributed by atoms with E-state index in [-0.39, 0.29) is 11.8 Å². The largest absolute Gasteiger partial charge is 0.491 e. The number of carbonyl (C=O) groups is 1. The maximum Gasteiger partial charge on any atom is 0.225 e. The van der Waals surface area contributed by atoms with Crippen LogP contribution in [0.1, 0.15) is 30.5 Å². The van der Waals surface area contributed by atoms with E-state index in [1.54, 1.807) is 0 Å². The molecule has 0 spiro atoms. The lowest BCUT2D eigenvalue weighted by molar-refractivity contribution is -0.135. The minimum Gasteiger partial charge on any atom is -0.491 e. The molecule has 0 N–H and O–H groups in total. The quantitative estimate of drug-likeness (QED) is 0.611. The highest BCUT2D eigenvalue weighted by molar-refractivity contribution is 5.78. The van der Waals surface area contributed by atoms with Gasteiger partial charge in [-0.25, -0.2) is 9.97 Å². The first-order valence-electron chi connectivity index (χ1n) is 11.1. The summed E-state index contributed by atoms with van der Waals surface area (Å²) in [5.41, 5.74) is 5.41. The zero-order chi connectivity index (χ0) is 22.3. The van der Waals surface area contributed by atoms with E-state index in [2.05, 4.69) is 40.3 Å². The van der Waals surface area contributed by atoms with E-state index in [0.717, 1.165) is 34.4 Å². The van der Waals surface area contributed by atoms with Crippen LogP contribution in [-0.4, -0.2) is 47.1 Å². The number of ether oxygens (including phenoxy) is 2. The molecule has 1 aromatic heterocycles. The fourth-order valence-corrected chi connectivity index (χ4v) is 3.88. The van der Waals surface area contributed by atoms with Crippen LogP contribution in [0.5, 0.6) is 5.75 Å². The third-order valence-corrected chi connectivity index (χ3v) is 5.51. The molecule has 2 heterocycles. The first-order chi connectivity index (χ1) is 15.6. The van der Waals surface area contributed by atoms with Crippen LogP contribution in [0.15, 0.2) is 61.2 Å². The number of benzene rings is 2. The Bertz CT molecular complexity index is 1050. The van der Waals surface area contributed by atoms with Gasteiger partial charge in [0, 0.05) is 43.4 Å².